The van der Waals surface area contributed by atoms with Crippen LogP contribution >= 0.6 is 11.3 Å². The Hall–Kier alpha value is -3.71. The number of carbonyl (C=O) groups excluding carboxylic acids is 2. The Morgan fingerprint density at radius 2 is 1.81 bits per heavy atom. The molecule has 2 aliphatic rings. The Morgan fingerprint density at radius 3 is 2.56 bits per heavy atom. The molecule has 0 spiro atoms. The van der Waals surface area contributed by atoms with Crippen molar-refractivity contribution < 1.29 is 23.5 Å². The highest BCUT2D eigenvalue weighted by Gasteiger charge is 2.42. The first kappa shape index (κ1) is 24.0. The molecule has 0 fully saturated rings. The average Bonchev–Trinajstić information content (AvgIpc) is 3.42. The number of carbonyl (C=O) groups is 2. The van der Waals surface area contributed by atoms with Crippen LogP contribution in [-0.2, 0) is 14.3 Å². The Bertz CT molecular complexity index is 1330. The normalized spacial score (nSPS) is 19.6. The minimum atomic E-state index is -0.832. The number of hydrogen-bond acceptors (Lipinski definition) is 6. The van der Waals surface area contributed by atoms with Gasteiger partial charge in [0.05, 0.1) is 11.5 Å². The molecule has 0 amide bonds. The summed E-state index contributed by atoms with van der Waals surface area (Å²) in [4.78, 5) is 28.0. The van der Waals surface area contributed by atoms with E-state index in [1.54, 1.807) is 36.5 Å². The number of esters is 1. The standard InChI is InChI=1S/C29H26FNO4S/c1-18-26(29(33)35-14-13-34-20-8-3-2-4-9-20)27(21-10-5-6-11-22(21)30)28-23(31-18)16-19(17-24(28)32)25-12-7-15-36-25/h2-12,15,19,27,31H,13-14,16-17H2,1H3/t19-,27+/m0/s1. The molecule has 0 saturated heterocycles. The maximum Gasteiger partial charge on any atom is 0.336 e. The number of Topliss-reactive ketones (excluding diaryl/α,β-unsaturated/α-hetero) is 1. The van der Waals surface area contributed by atoms with Crippen LogP contribution in [0.3, 0.4) is 0 Å². The fourth-order valence-electron chi connectivity index (χ4n) is 4.94. The van der Waals surface area contributed by atoms with Gasteiger partial charge in [0.1, 0.15) is 24.8 Å². The number of ether oxygens (including phenoxy) is 2. The van der Waals surface area contributed by atoms with Crippen molar-refractivity contribution in [2.75, 3.05) is 13.2 Å². The van der Waals surface area contributed by atoms with Crippen molar-refractivity contribution >= 4 is 23.1 Å². The zero-order chi connectivity index (χ0) is 25.1. The van der Waals surface area contributed by atoms with Crippen molar-refractivity contribution in [3.63, 3.8) is 0 Å². The van der Waals surface area contributed by atoms with Gasteiger partial charge in [0.2, 0.25) is 0 Å². The van der Waals surface area contributed by atoms with E-state index in [1.807, 2.05) is 47.8 Å². The summed E-state index contributed by atoms with van der Waals surface area (Å²) in [5.74, 6) is -1.24. The van der Waals surface area contributed by atoms with Gasteiger partial charge in [0.15, 0.2) is 5.78 Å². The number of dihydropyridines is 1. The van der Waals surface area contributed by atoms with Crippen LogP contribution in [0.15, 0.2) is 94.7 Å². The summed E-state index contributed by atoms with van der Waals surface area (Å²) in [7, 11) is 0. The van der Waals surface area contributed by atoms with Crippen LogP contribution < -0.4 is 10.1 Å². The van der Waals surface area contributed by atoms with E-state index in [0.717, 1.165) is 10.6 Å². The van der Waals surface area contributed by atoms with E-state index in [9.17, 15) is 9.59 Å². The smallest absolute Gasteiger partial charge is 0.336 e. The van der Waals surface area contributed by atoms with Crippen LogP contribution in [0.1, 0.15) is 42.0 Å². The van der Waals surface area contributed by atoms with Gasteiger partial charge in [0.25, 0.3) is 0 Å². The Balaban J connectivity index is 1.42. The van der Waals surface area contributed by atoms with E-state index >= 15 is 4.39 Å². The first-order chi connectivity index (χ1) is 17.5. The lowest BCUT2D eigenvalue weighted by atomic mass is 9.72. The predicted octanol–water partition coefficient (Wildman–Crippen LogP) is 5.87. The first-order valence-corrected chi connectivity index (χ1v) is 12.8. The van der Waals surface area contributed by atoms with Crippen molar-refractivity contribution in [3.8, 4) is 5.75 Å². The summed E-state index contributed by atoms with van der Waals surface area (Å²) in [5.41, 5.74) is 2.31. The highest BCUT2D eigenvalue weighted by atomic mass is 32.1. The molecule has 1 N–H and O–H groups in total. The van der Waals surface area contributed by atoms with Crippen LogP contribution in [0, 0.1) is 5.82 Å². The molecular formula is C29H26FNO4S. The van der Waals surface area contributed by atoms with Gasteiger partial charge < -0.3 is 14.8 Å². The Kier molecular flexibility index (Phi) is 7.00. The molecule has 2 atom stereocenters. The number of allylic oxidation sites excluding steroid dienone is 3. The van der Waals surface area contributed by atoms with Gasteiger partial charge in [-0.25, -0.2) is 9.18 Å². The maximum atomic E-state index is 15.1. The molecule has 1 aliphatic heterocycles. The van der Waals surface area contributed by atoms with Crippen LogP contribution in [-0.4, -0.2) is 25.0 Å². The molecule has 3 aromatic rings. The lowest BCUT2D eigenvalue weighted by Crippen LogP contribution is -2.36. The molecule has 1 aromatic heterocycles. The van der Waals surface area contributed by atoms with Gasteiger partial charge in [-0.15, -0.1) is 11.3 Å². The number of hydrogen-bond donors (Lipinski definition) is 1. The largest absolute Gasteiger partial charge is 0.490 e. The summed E-state index contributed by atoms with van der Waals surface area (Å²) in [6, 6.07) is 19.6. The monoisotopic (exact) mass is 503 g/mol. The van der Waals surface area contributed by atoms with Crippen molar-refractivity contribution in [2.24, 2.45) is 0 Å². The number of ketones is 1. The minimum absolute atomic E-state index is 0.0226. The SMILES string of the molecule is CC1=C(C(=O)OCCOc2ccccc2)[C@@H](c2ccccc2F)C2=C(C[C@H](c3cccs3)CC2=O)N1. The lowest BCUT2D eigenvalue weighted by Gasteiger charge is -2.36. The molecule has 2 aromatic carbocycles. The zero-order valence-electron chi connectivity index (χ0n) is 19.8. The van der Waals surface area contributed by atoms with Gasteiger partial charge in [0, 0.05) is 39.7 Å². The molecule has 5 nitrogen and oxygen atoms in total. The van der Waals surface area contributed by atoms with Crippen LogP contribution in [0.5, 0.6) is 5.75 Å². The molecule has 36 heavy (non-hydrogen) atoms. The second-order valence-corrected chi connectivity index (χ2v) is 9.83. The number of nitrogens with one attached hydrogen (secondary N) is 1. The molecular weight excluding hydrogens is 477 g/mol. The molecule has 1 aliphatic carbocycles. The molecule has 7 heteroatoms. The summed E-state index contributed by atoms with van der Waals surface area (Å²) in [6.07, 6.45) is 0.940. The number of para-hydroxylation sites is 1. The fourth-order valence-corrected chi connectivity index (χ4v) is 5.77. The summed E-state index contributed by atoms with van der Waals surface area (Å²) in [5, 5.41) is 5.30. The van der Waals surface area contributed by atoms with E-state index in [-0.39, 0.29) is 30.5 Å². The molecule has 0 radical (unpaired) electrons. The third-order valence-corrected chi connectivity index (χ3v) is 7.57. The number of benzene rings is 2. The second-order valence-electron chi connectivity index (χ2n) is 8.85. The van der Waals surface area contributed by atoms with E-state index < -0.39 is 17.7 Å². The summed E-state index contributed by atoms with van der Waals surface area (Å²) < 4.78 is 26.2. The Labute approximate surface area is 213 Å². The van der Waals surface area contributed by atoms with E-state index in [2.05, 4.69) is 5.32 Å². The van der Waals surface area contributed by atoms with Crippen LogP contribution in [0.2, 0.25) is 0 Å². The van der Waals surface area contributed by atoms with E-state index in [0.29, 0.717) is 35.4 Å². The molecule has 2 heterocycles. The van der Waals surface area contributed by atoms with Crippen molar-refractivity contribution in [2.45, 2.75) is 31.6 Å². The molecule has 0 bridgehead atoms. The topological polar surface area (TPSA) is 64.6 Å². The number of halogens is 1. The summed E-state index contributed by atoms with van der Waals surface area (Å²) in [6.45, 7) is 1.97. The predicted molar refractivity (Wildman–Crippen MR) is 136 cm³/mol. The average molecular weight is 504 g/mol. The Morgan fingerprint density at radius 1 is 1.03 bits per heavy atom. The fraction of sp³-hybridized carbons (Fsp3) is 0.241. The molecule has 5 rings (SSSR count). The minimum Gasteiger partial charge on any atom is -0.490 e. The quantitative estimate of drug-likeness (QED) is 0.323. The first-order valence-electron chi connectivity index (χ1n) is 11.9. The van der Waals surface area contributed by atoms with E-state index in [1.165, 1.54) is 6.07 Å². The molecule has 0 unspecified atom stereocenters. The van der Waals surface area contributed by atoms with Crippen molar-refractivity contribution in [3.05, 3.63) is 111 Å². The van der Waals surface area contributed by atoms with Gasteiger partial charge in [-0.3, -0.25) is 4.79 Å². The highest BCUT2D eigenvalue weighted by molar-refractivity contribution is 7.10. The van der Waals surface area contributed by atoms with Crippen LogP contribution in [0.25, 0.3) is 0 Å². The third kappa shape index (κ3) is 4.84. The van der Waals surface area contributed by atoms with E-state index in [4.69, 9.17) is 9.47 Å². The molecule has 184 valence electrons. The highest BCUT2D eigenvalue weighted by Crippen LogP contribution is 2.46. The number of rotatable bonds is 7. The van der Waals surface area contributed by atoms with Gasteiger partial charge in [-0.05, 0) is 43.0 Å². The van der Waals surface area contributed by atoms with Crippen molar-refractivity contribution in [1.29, 1.82) is 0 Å². The zero-order valence-corrected chi connectivity index (χ0v) is 20.6. The maximum absolute atomic E-state index is 15.1. The lowest BCUT2D eigenvalue weighted by molar-refractivity contribution is -0.140. The molecule has 0 saturated carbocycles. The van der Waals surface area contributed by atoms with Gasteiger partial charge in [-0.1, -0.05) is 42.5 Å². The third-order valence-electron chi connectivity index (χ3n) is 6.54. The van der Waals surface area contributed by atoms with Crippen molar-refractivity contribution in [1.82, 2.24) is 5.32 Å². The second kappa shape index (κ2) is 10.5. The van der Waals surface area contributed by atoms with Crippen LogP contribution in [0.4, 0.5) is 4.39 Å². The summed E-state index contributed by atoms with van der Waals surface area (Å²) >= 11 is 1.63. The van der Waals surface area contributed by atoms with Gasteiger partial charge >= 0.3 is 5.97 Å². The van der Waals surface area contributed by atoms with Gasteiger partial charge in [-0.2, -0.15) is 0 Å². The number of thiophene rings is 1.